The summed E-state index contributed by atoms with van der Waals surface area (Å²) >= 11 is 5.17. The quantitative estimate of drug-likeness (QED) is 0.752. The highest BCUT2D eigenvalue weighted by Crippen LogP contribution is 2.22. The number of nitrogens with one attached hydrogen (secondary N) is 1. The lowest BCUT2D eigenvalue weighted by Gasteiger charge is -2.16. The minimum atomic E-state index is 0. The van der Waals surface area contributed by atoms with Crippen molar-refractivity contribution in [2.75, 3.05) is 32.4 Å². The molecule has 3 nitrogen and oxygen atoms in total. The van der Waals surface area contributed by atoms with Crippen LogP contribution < -0.4 is 5.32 Å². The molecule has 0 radical (unpaired) electrons. The van der Waals surface area contributed by atoms with Gasteiger partial charge in [-0.25, -0.2) is 0 Å². The van der Waals surface area contributed by atoms with Gasteiger partial charge in [0.1, 0.15) is 0 Å². The van der Waals surface area contributed by atoms with Crippen molar-refractivity contribution >= 4 is 46.0 Å². The number of benzene rings is 1. The molecule has 21 heavy (non-hydrogen) atoms. The minimum Gasteiger partial charge on any atom is -0.342 e. The van der Waals surface area contributed by atoms with Gasteiger partial charge in [0, 0.05) is 34.6 Å². The number of halogens is 2. The van der Waals surface area contributed by atoms with Crippen LogP contribution in [0, 0.1) is 5.92 Å². The van der Waals surface area contributed by atoms with Crippen molar-refractivity contribution in [1.82, 2.24) is 10.2 Å². The smallest absolute Gasteiger partial charge is 0.223 e. The standard InChI is InChI=1S/C15H21BrN2OS.ClH/c1-17-10-12-6-8-18(11-12)15(19)7-9-20-14-4-2-13(16)3-5-14;/h2-5,12,17H,6-11H2,1H3;1H. The lowest BCUT2D eigenvalue weighted by Crippen LogP contribution is -2.30. The van der Waals surface area contributed by atoms with Crippen LogP contribution in [-0.2, 0) is 4.79 Å². The fourth-order valence-electron chi connectivity index (χ4n) is 2.46. The molecule has 1 atom stereocenters. The number of amides is 1. The second kappa shape index (κ2) is 9.72. The molecule has 0 aliphatic carbocycles. The normalized spacial score (nSPS) is 17.6. The number of rotatable bonds is 6. The molecule has 1 aliphatic rings. The Morgan fingerprint density at radius 3 is 2.81 bits per heavy atom. The maximum absolute atomic E-state index is 12.1. The Balaban J connectivity index is 0.00000220. The zero-order valence-corrected chi connectivity index (χ0v) is 15.4. The monoisotopic (exact) mass is 392 g/mol. The Morgan fingerprint density at radius 2 is 2.14 bits per heavy atom. The Labute approximate surface area is 145 Å². The largest absolute Gasteiger partial charge is 0.342 e. The Morgan fingerprint density at radius 1 is 1.43 bits per heavy atom. The predicted molar refractivity (Wildman–Crippen MR) is 95.3 cm³/mol. The van der Waals surface area contributed by atoms with Crippen molar-refractivity contribution in [2.45, 2.75) is 17.7 Å². The third-order valence-electron chi connectivity index (χ3n) is 3.53. The van der Waals surface area contributed by atoms with Gasteiger partial charge in [0.05, 0.1) is 0 Å². The first kappa shape index (κ1) is 18.8. The van der Waals surface area contributed by atoms with Crippen molar-refractivity contribution in [3.8, 4) is 0 Å². The summed E-state index contributed by atoms with van der Waals surface area (Å²) in [6, 6.07) is 8.23. The highest BCUT2D eigenvalue weighted by molar-refractivity contribution is 9.10. The Kier molecular flexibility index (Phi) is 8.71. The molecule has 2 rings (SSSR count). The fourth-order valence-corrected chi connectivity index (χ4v) is 3.56. The molecule has 118 valence electrons. The van der Waals surface area contributed by atoms with Gasteiger partial charge in [0.25, 0.3) is 0 Å². The van der Waals surface area contributed by atoms with Crippen molar-refractivity contribution in [2.24, 2.45) is 5.92 Å². The van der Waals surface area contributed by atoms with Gasteiger partial charge in [-0.15, -0.1) is 24.2 Å². The highest BCUT2D eigenvalue weighted by atomic mass is 79.9. The molecule has 1 aromatic carbocycles. The SMILES string of the molecule is CNCC1CCN(C(=O)CCSc2ccc(Br)cc2)C1.Cl. The Bertz CT molecular complexity index is 444. The molecule has 1 aliphatic heterocycles. The molecule has 0 aromatic heterocycles. The van der Waals surface area contributed by atoms with E-state index in [1.807, 2.05) is 24.1 Å². The average Bonchev–Trinajstić information content (AvgIpc) is 2.90. The van der Waals surface area contributed by atoms with Gasteiger partial charge in [-0.3, -0.25) is 4.79 Å². The number of likely N-dealkylation sites (tertiary alicyclic amines) is 1. The van der Waals surface area contributed by atoms with Crippen LogP contribution in [0.2, 0.25) is 0 Å². The van der Waals surface area contributed by atoms with E-state index in [9.17, 15) is 4.79 Å². The number of thioether (sulfide) groups is 1. The van der Waals surface area contributed by atoms with Crippen LogP contribution in [0.3, 0.4) is 0 Å². The molecule has 0 bridgehead atoms. The molecule has 0 spiro atoms. The van der Waals surface area contributed by atoms with Crippen LogP contribution in [0.5, 0.6) is 0 Å². The van der Waals surface area contributed by atoms with Crippen LogP contribution >= 0.6 is 40.1 Å². The summed E-state index contributed by atoms with van der Waals surface area (Å²) in [4.78, 5) is 15.4. The first-order valence-electron chi connectivity index (χ1n) is 7.00. The maximum Gasteiger partial charge on any atom is 0.223 e. The zero-order chi connectivity index (χ0) is 14.4. The van der Waals surface area contributed by atoms with Gasteiger partial charge < -0.3 is 10.2 Å². The van der Waals surface area contributed by atoms with Crippen molar-refractivity contribution in [1.29, 1.82) is 0 Å². The third-order valence-corrected chi connectivity index (χ3v) is 5.07. The number of carbonyl (C=O) groups excluding carboxylic acids is 1. The van der Waals surface area contributed by atoms with E-state index in [0.717, 1.165) is 36.3 Å². The maximum atomic E-state index is 12.1. The van der Waals surface area contributed by atoms with Crippen LogP contribution in [-0.4, -0.2) is 43.2 Å². The molecular weight excluding hydrogens is 372 g/mol. The van der Waals surface area contributed by atoms with Crippen LogP contribution in [0.15, 0.2) is 33.6 Å². The summed E-state index contributed by atoms with van der Waals surface area (Å²) in [5.41, 5.74) is 0. The second-order valence-corrected chi connectivity index (χ2v) is 7.19. The Hall–Kier alpha value is -0.230. The summed E-state index contributed by atoms with van der Waals surface area (Å²) < 4.78 is 1.09. The molecule has 1 aromatic rings. The second-order valence-electron chi connectivity index (χ2n) is 5.10. The van der Waals surface area contributed by atoms with E-state index in [2.05, 4.69) is 33.4 Å². The molecule has 1 unspecified atom stereocenters. The molecule has 1 saturated heterocycles. The van der Waals surface area contributed by atoms with E-state index in [-0.39, 0.29) is 12.4 Å². The van der Waals surface area contributed by atoms with E-state index in [4.69, 9.17) is 0 Å². The van der Waals surface area contributed by atoms with Gasteiger partial charge in [-0.2, -0.15) is 0 Å². The van der Waals surface area contributed by atoms with E-state index in [0.29, 0.717) is 18.2 Å². The molecule has 1 amide bonds. The van der Waals surface area contributed by atoms with Gasteiger partial charge in [0.2, 0.25) is 5.91 Å². The summed E-state index contributed by atoms with van der Waals surface area (Å²) in [6.45, 7) is 2.86. The lowest BCUT2D eigenvalue weighted by molar-refractivity contribution is -0.129. The van der Waals surface area contributed by atoms with Gasteiger partial charge >= 0.3 is 0 Å². The summed E-state index contributed by atoms with van der Waals surface area (Å²) in [7, 11) is 1.97. The van der Waals surface area contributed by atoms with Gasteiger partial charge in [0.15, 0.2) is 0 Å². The van der Waals surface area contributed by atoms with E-state index in [1.54, 1.807) is 11.8 Å². The molecule has 6 heteroatoms. The minimum absolute atomic E-state index is 0. The van der Waals surface area contributed by atoms with Crippen LogP contribution in [0.4, 0.5) is 0 Å². The van der Waals surface area contributed by atoms with Crippen LogP contribution in [0.1, 0.15) is 12.8 Å². The summed E-state index contributed by atoms with van der Waals surface area (Å²) in [5, 5.41) is 3.19. The van der Waals surface area contributed by atoms with E-state index < -0.39 is 0 Å². The number of hydrogen-bond acceptors (Lipinski definition) is 3. The molecular formula is C15H22BrClN2OS. The summed E-state index contributed by atoms with van der Waals surface area (Å²) in [5.74, 6) is 1.78. The van der Waals surface area contributed by atoms with Crippen molar-refractivity contribution in [3.63, 3.8) is 0 Å². The molecule has 1 N–H and O–H groups in total. The number of carbonyl (C=O) groups is 1. The van der Waals surface area contributed by atoms with Crippen LogP contribution in [0.25, 0.3) is 0 Å². The number of hydrogen-bond donors (Lipinski definition) is 1. The molecule has 1 fully saturated rings. The first-order valence-corrected chi connectivity index (χ1v) is 8.77. The third kappa shape index (κ3) is 6.19. The topological polar surface area (TPSA) is 32.3 Å². The van der Waals surface area contributed by atoms with E-state index in [1.165, 1.54) is 4.90 Å². The predicted octanol–water partition coefficient (Wildman–Crippen LogP) is 3.42. The fraction of sp³-hybridized carbons (Fsp3) is 0.533. The van der Waals surface area contributed by atoms with Gasteiger partial charge in [-0.05, 0) is 50.2 Å². The molecule has 1 heterocycles. The average molecular weight is 394 g/mol. The highest BCUT2D eigenvalue weighted by Gasteiger charge is 2.25. The van der Waals surface area contributed by atoms with E-state index >= 15 is 0 Å². The van der Waals surface area contributed by atoms with Crippen molar-refractivity contribution in [3.05, 3.63) is 28.7 Å². The zero-order valence-electron chi connectivity index (χ0n) is 12.2. The first-order chi connectivity index (χ1) is 9.69. The van der Waals surface area contributed by atoms with Gasteiger partial charge in [-0.1, -0.05) is 15.9 Å². The lowest BCUT2D eigenvalue weighted by atomic mass is 10.1. The number of nitrogens with zero attached hydrogens (tertiary/aromatic N) is 1. The molecule has 0 saturated carbocycles. The summed E-state index contributed by atoms with van der Waals surface area (Å²) in [6.07, 6.45) is 1.76. The van der Waals surface area contributed by atoms with Crippen molar-refractivity contribution < 1.29 is 4.79 Å².